The number of rotatable bonds is 7. The van der Waals surface area contributed by atoms with Crippen LogP contribution in [0.5, 0.6) is 0 Å². The van der Waals surface area contributed by atoms with E-state index in [2.05, 4.69) is 10.4 Å². The van der Waals surface area contributed by atoms with Crippen LogP contribution in [0.15, 0.2) is 54.9 Å². The van der Waals surface area contributed by atoms with Crippen LogP contribution in [-0.2, 0) is 11.3 Å². The molecule has 5 nitrogen and oxygen atoms in total. The fourth-order valence-electron chi connectivity index (χ4n) is 2.40. The standard InChI is InChI=1S/C19H19N3O2S/c1-14-7-9-18(25-14)17(23)8-10-19(24)20-11-15-12-21-22(13-15)16-5-3-2-4-6-16/h2-7,9,12-13H,8,10-11H2,1H3,(H,20,24). The van der Waals surface area contributed by atoms with Crippen LogP contribution in [0.25, 0.3) is 5.69 Å². The van der Waals surface area contributed by atoms with Crippen molar-refractivity contribution in [2.75, 3.05) is 0 Å². The smallest absolute Gasteiger partial charge is 0.220 e. The Morgan fingerprint density at radius 3 is 2.64 bits per heavy atom. The average Bonchev–Trinajstić information content (AvgIpc) is 3.28. The number of ketones is 1. The first-order chi connectivity index (χ1) is 12.1. The van der Waals surface area contributed by atoms with Crippen molar-refractivity contribution in [1.29, 1.82) is 0 Å². The van der Waals surface area contributed by atoms with E-state index in [0.717, 1.165) is 21.0 Å². The summed E-state index contributed by atoms with van der Waals surface area (Å²) < 4.78 is 1.77. The maximum absolute atomic E-state index is 12.0. The van der Waals surface area contributed by atoms with Crippen LogP contribution in [0.3, 0.4) is 0 Å². The lowest BCUT2D eigenvalue weighted by molar-refractivity contribution is -0.121. The molecule has 0 aliphatic rings. The van der Waals surface area contributed by atoms with Gasteiger partial charge in [-0.1, -0.05) is 18.2 Å². The molecule has 0 atom stereocenters. The number of aromatic nitrogens is 2. The van der Waals surface area contributed by atoms with E-state index in [4.69, 9.17) is 0 Å². The number of carbonyl (C=O) groups excluding carboxylic acids is 2. The summed E-state index contributed by atoms with van der Waals surface area (Å²) in [6.07, 6.45) is 4.04. The van der Waals surface area contributed by atoms with Crippen molar-refractivity contribution >= 4 is 23.0 Å². The van der Waals surface area contributed by atoms with Crippen molar-refractivity contribution in [1.82, 2.24) is 15.1 Å². The normalized spacial score (nSPS) is 10.6. The summed E-state index contributed by atoms with van der Waals surface area (Å²) in [5.74, 6) is -0.112. The molecule has 0 aliphatic carbocycles. The number of benzene rings is 1. The van der Waals surface area contributed by atoms with Crippen LogP contribution in [0.4, 0.5) is 0 Å². The molecule has 3 aromatic rings. The molecule has 0 fully saturated rings. The number of thiophene rings is 1. The van der Waals surface area contributed by atoms with Crippen LogP contribution < -0.4 is 5.32 Å². The summed E-state index contributed by atoms with van der Waals surface area (Å²) in [5.41, 5.74) is 1.88. The Kier molecular flexibility index (Phi) is 5.40. The Morgan fingerprint density at radius 1 is 1.12 bits per heavy atom. The highest BCUT2D eigenvalue weighted by Gasteiger charge is 2.11. The molecule has 0 radical (unpaired) electrons. The second-order valence-corrected chi connectivity index (χ2v) is 7.03. The van der Waals surface area contributed by atoms with Crippen molar-refractivity contribution in [2.45, 2.75) is 26.3 Å². The summed E-state index contributed by atoms with van der Waals surface area (Å²) >= 11 is 1.47. The molecule has 0 unspecified atom stereocenters. The van der Waals surface area contributed by atoms with E-state index in [1.807, 2.05) is 55.6 Å². The number of nitrogens with one attached hydrogen (secondary N) is 1. The van der Waals surface area contributed by atoms with Crippen LogP contribution in [0.2, 0.25) is 0 Å². The molecular formula is C19H19N3O2S. The Balaban J connectivity index is 1.46. The van der Waals surface area contributed by atoms with E-state index < -0.39 is 0 Å². The highest BCUT2D eigenvalue weighted by molar-refractivity contribution is 7.14. The number of Topliss-reactive ketones (excluding diaryl/α,β-unsaturated/α-hetero) is 1. The van der Waals surface area contributed by atoms with Gasteiger partial charge in [0.05, 0.1) is 16.8 Å². The van der Waals surface area contributed by atoms with Crippen LogP contribution in [0.1, 0.15) is 33.0 Å². The first-order valence-electron chi connectivity index (χ1n) is 8.07. The van der Waals surface area contributed by atoms with E-state index >= 15 is 0 Å². The molecule has 2 heterocycles. The molecule has 0 saturated carbocycles. The minimum Gasteiger partial charge on any atom is -0.352 e. The van der Waals surface area contributed by atoms with E-state index in [-0.39, 0.29) is 24.5 Å². The molecule has 1 N–H and O–H groups in total. The summed E-state index contributed by atoms with van der Waals surface area (Å²) in [6.45, 7) is 2.36. The van der Waals surface area contributed by atoms with E-state index in [1.165, 1.54) is 11.3 Å². The number of carbonyl (C=O) groups is 2. The van der Waals surface area contributed by atoms with Gasteiger partial charge in [-0.15, -0.1) is 11.3 Å². The molecule has 128 valence electrons. The van der Waals surface area contributed by atoms with E-state index in [9.17, 15) is 9.59 Å². The summed E-state index contributed by atoms with van der Waals surface area (Å²) in [6, 6.07) is 13.5. The van der Waals surface area contributed by atoms with Crippen molar-refractivity contribution in [3.05, 3.63) is 70.2 Å². The fraction of sp³-hybridized carbons (Fsp3) is 0.211. The van der Waals surface area contributed by atoms with Crippen LogP contribution >= 0.6 is 11.3 Å². The molecule has 6 heteroatoms. The van der Waals surface area contributed by atoms with Gasteiger partial charge >= 0.3 is 0 Å². The maximum Gasteiger partial charge on any atom is 0.220 e. The molecule has 0 aliphatic heterocycles. The molecule has 0 bridgehead atoms. The highest BCUT2D eigenvalue weighted by atomic mass is 32.1. The summed E-state index contributed by atoms with van der Waals surface area (Å²) in [7, 11) is 0. The van der Waals surface area contributed by atoms with Crippen LogP contribution in [-0.4, -0.2) is 21.5 Å². The second-order valence-electron chi connectivity index (χ2n) is 5.74. The first-order valence-corrected chi connectivity index (χ1v) is 8.89. The van der Waals surface area contributed by atoms with Gasteiger partial charge in [0.15, 0.2) is 5.78 Å². The van der Waals surface area contributed by atoms with Gasteiger partial charge in [0, 0.05) is 36.0 Å². The SMILES string of the molecule is Cc1ccc(C(=O)CCC(=O)NCc2cnn(-c3ccccc3)c2)s1. The molecule has 0 saturated heterocycles. The molecule has 25 heavy (non-hydrogen) atoms. The third kappa shape index (κ3) is 4.64. The Labute approximate surface area is 150 Å². The quantitative estimate of drug-likeness (QED) is 0.661. The molecule has 2 aromatic heterocycles. The van der Waals surface area contributed by atoms with E-state index in [1.54, 1.807) is 10.9 Å². The monoisotopic (exact) mass is 353 g/mol. The predicted molar refractivity (Wildman–Crippen MR) is 98.0 cm³/mol. The Hall–Kier alpha value is -2.73. The summed E-state index contributed by atoms with van der Waals surface area (Å²) in [4.78, 5) is 25.8. The average molecular weight is 353 g/mol. The topological polar surface area (TPSA) is 64.0 Å². The van der Waals surface area contributed by atoms with Gasteiger partial charge in [-0.2, -0.15) is 5.10 Å². The van der Waals surface area contributed by atoms with Crippen molar-refractivity contribution in [2.24, 2.45) is 0 Å². The largest absolute Gasteiger partial charge is 0.352 e. The predicted octanol–water partition coefficient (Wildman–Crippen LogP) is 3.52. The van der Waals surface area contributed by atoms with E-state index in [0.29, 0.717) is 6.54 Å². The zero-order chi connectivity index (χ0) is 17.6. The lowest BCUT2D eigenvalue weighted by Crippen LogP contribution is -2.23. The Morgan fingerprint density at radius 2 is 1.92 bits per heavy atom. The van der Waals surface area contributed by atoms with Gasteiger partial charge in [0.2, 0.25) is 5.91 Å². The van der Waals surface area contributed by atoms with Gasteiger partial charge in [0.1, 0.15) is 0 Å². The third-order valence-corrected chi connectivity index (χ3v) is 4.78. The minimum atomic E-state index is -0.130. The molecule has 1 amide bonds. The number of para-hydroxylation sites is 1. The number of nitrogens with zero attached hydrogens (tertiary/aromatic N) is 2. The lowest BCUT2D eigenvalue weighted by atomic mass is 10.2. The highest BCUT2D eigenvalue weighted by Crippen LogP contribution is 2.17. The maximum atomic E-state index is 12.0. The summed E-state index contributed by atoms with van der Waals surface area (Å²) in [5, 5.41) is 7.13. The van der Waals surface area contributed by atoms with Crippen LogP contribution in [0, 0.1) is 6.92 Å². The Bertz CT molecular complexity index is 868. The van der Waals surface area contributed by atoms with Gasteiger partial charge in [-0.25, -0.2) is 4.68 Å². The van der Waals surface area contributed by atoms with Crippen molar-refractivity contribution in [3.63, 3.8) is 0 Å². The first kappa shape index (κ1) is 17.1. The molecule has 3 rings (SSSR count). The third-order valence-electron chi connectivity index (χ3n) is 3.74. The van der Waals surface area contributed by atoms with Gasteiger partial charge in [-0.05, 0) is 31.2 Å². The molecular weight excluding hydrogens is 334 g/mol. The molecule has 1 aromatic carbocycles. The van der Waals surface area contributed by atoms with Gasteiger partial charge < -0.3 is 5.32 Å². The number of amides is 1. The lowest BCUT2D eigenvalue weighted by Gasteiger charge is -2.03. The van der Waals surface area contributed by atoms with Crippen molar-refractivity contribution in [3.8, 4) is 5.69 Å². The zero-order valence-corrected chi connectivity index (χ0v) is 14.8. The minimum absolute atomic E-state index is 0.0187. The zero-order valence-electron chi connectivity index (χ0n) is 13.9. The fourth-order valence-corrected chi connectivity index (χ4v) is 3.23. The number of aryl methyl sites for hydroxylation is 1. The number of hydrogen-bond acceptors (Lipinski definition) is 4. The molecule has 0 spiro atoms. The van der Waals surface area contributed by atoms with Gasteiger partial charge in [-0.3, -0.25) is 9.59 Å². The number of hydrogen-bond donors (Lipinski definition) is 1. The second kappa shape index (κ2) is 7.90. The van der Waals surface area contributed by atoms with Gasteiger partial charge in [0.25, 0.3) is 0 Å². The van der Waals surface area contributed by atoms with Crippen molar-refractivity contribution < 1.29 is 9.59 Å².